The van der Waals surface area contributed by atoms with Crippen molar-refractivity contribution in [2.24, 2.45) is 0 Å². The number of rotatable bonds is 5. The van der Waals surface area contributed by atoms with E-state index in [2.05, 4.69) is 9.88 Å². The molecule has 0 aromatic carbocycles. The molecule has 1 aliphatic rings. The number of carboxylic acid groups (broad SMARTS) is 1. The lowest BCUT2D eigenvalue weighted by molar-refractivity contribution is 0.0319. The van der Waals surface area contributed by atoms with Crippen LogP contribution in [0.1, 0.15) is 10.4 Å². The standard InChI is InChI=1S/C12H16N2O4/c15-12(16)10-2-1-3-13-11(10)18-9-6-14-4-7-17-8-5-14/h1-3H,4-9H2,(H,15,16). The molecule has 0 saturated carbocycles. The van der Waals surface area contributed by atoms with Gasteiger partial charge in [0.1, 0.15) is 12.2 Å². The van der Waals surface area contributed by atoms with E-state index >= 15 is 0 Å². The lowest BCUT2D eigenvalue weighted by Gasteiger charge is -2.26. The highest BCUT2D eigenvalue weighted by Gasteiger charge is 2.13. The summed E-state index contributed by atoms with van der Waals surface area (Å²) in [6.07, 6.45) is 1.52. The number of aromatic nitrogens is 1. The van der Waals surface area contributed by atoms with Gasteiger partial charge in [0.15, 0.2) is 0 Å². The fraction of sp³-hybridized carbons (Fsp3) is 0.500. The first kappa shape index (κ1) is 12.8. The Morgan fingerprint density at radius 2 is 2.28 bits per heavy atom. The van der Waals surface area contributed by atoms with Crippen molar-refractivity contribution in [3.8, 4) is 5.88 Å². The van der Waals surface area contributed by atoms with Crippen molar-refractivity contribution in [2.75, 3.05) is 39.5 Å². The summed E-state index contributed by atoms with van der Waals surface area (Å²) in [4.78, 5) is 17.1. The summed E-state index contributed by atoms with van der Waals surface area (Å²) in [7, 11) is 0. The van der Waals surface area contributed by atoms with Gasteiger partial charge in [-0.05, 0) is 12.1 Å². The summed E-state index contributed by atoms with van der Waals surface area (Å²) in [5, 5.41) is 8.97. The minimum atomic E-state index is -1.02. The quantitative estimate of drug-likeness (QED) is 0.822. The highest BCUT2D eigenvalue weighted by atomic mass is 16.5. The summed E-state index contributed by atoms with van der Waals surface area (Å²) in [5.41, 5.74) is 0.0967. The number of ether oxygens (including phenoxy) is 2. The smallest absolute Gasteiger partial charge is 0.341 e. The van der Waals surface area contributed by atoms with Crippen molar-refractivity contribution < 1.29 is 19.4 Å². The van der Waals surface area contributed by atoms with E-state index in [9.17, 15) is 4.79 Å². The number of aromatic carboxylic acids is 1. The summed E-state index contributed by atoms with van der Waals surface area (Å²) in [6.45, 7) is 4.43. The first-order valence-electron chi connectivity index (χ1n) is 5.88. The van der Waals surface area contributed by atoms with E-state index in [1.165, 1.54) is 12.3 Å². The molecule has 1 aromatic rings. The largest absolute Gasteiger partial charge is 0.477 e. The number of carboxylic acids is 1. The van der Waals surface area contributed by atoms with Gasteiger partial charge in [0.2, 0.25) is 5.88 Å². The Balaban J connectivity index is 1.84. The Labute approximate surface area is 105 Å². The van der Waals surface area contributed by atoms with Crippen LogP contribution >= 0.6 is 0 Å². The molecule has 2 rings (SSSR count). The van der Waals surface area contributed by atoms with Crippen LogP contribution in [-0.4, -0.2) is 60.4 Å². The van der Waals surface area contributed by atoms with Crippen molar-refractivity contribution >= 4 is 5.97 Å². The van der Waals surface area contributed by atoms with Crippen molar-refractivity contribution in [1.29, 1.82) is 0 Å². The molecule has 0 spiro atoms. The zero-order chi connectivity index (χ0) is 12.8. The Hall–Kier alpha value is -1.66. The van der Waals surface area contributed by atoms with Crippen LogP contribution in [0.25, 0.3) is 0 Å². The molecule has 0 amide bonds. The first-order valence-corrected chi connectivity index (χ1v) is 5.88. The Morgan fingerprint density at radius 3 is 3.00 bits per heavy atom. The van der Waals surface area contributed by atoms with Crippen LogP contribution in [0.3, 0.4) is 0 Å². The Bertz CT molecular complexity index is 405. The third-order valence-corrected chi connectivity index (χ3v) is 2.75. The van der Waals surface area contributed by atoms with Crippen LogP contribution in [0.5, 0.6) is 5.88 Å². The number of hydrogen-bond acceptors (Lipinski definition) is 5. The molecule has 98 valence electrons. The molecular formula is C12H16N2O4. The van der Waals surface area contributed by atoms with E-state index in [0.717, 1.165) is 32.8 Å². The number of pyridine rings is 1. The zero-order valence-electron chi connectivity index (χ0n) is 10.0. The summed E-state index contributed by atoms with van der Waals surface area (Å²) >= 11 is 0. The van der Waals surface area contributed by atoms with Gasteiger partial charge in [0, 0.05) is 25.8 Å². The van der Waals surface area contributed by atoms with Gasteiger partial charge in [0.05, 0.1) is 13.2 Å². The van der Waals surface area contributed by atoms with Crippen LogP contribution < -0.4 is 4.74 Å². The number of nitrogens with zero attached hydrogens (tertiary/aromatic N) is 2. The molecule has 2 heterocycles. The molecule has 1 aliphatic heterocycles. The predicted octanol–water partition coefficient (Wildman–Crippen LogP) is 0.491. The molecule has 0 unspecified atom stereocenters. The fourth-order valence-corrected chi connectivity index (χ4v) is 1.76. The second-order valence-electron chi connectivity index (χ2n) is 3.96. The Kier molecular flexibility index (Phi) is 4.49. The number of morpholine rings is 1. The third-order valence-electron chi connectivity index (χ3n) is 2.75. The van der Waals surface area contributed by atoms with Crippen molar-refractivity contribution in [2.45, 2.75) is 0 Å². The molecule has 6 nitrogen and oxygen atoms in total. The summed E-state index contributed by atoms with van der Waals surface area (Å²) in [6, 6.07) is 3.07. The van der Waals surface area contributed by atoms with Gasteiger partial charge in [-0.2, -0.15) is 0 Å². The number of carbonyl (C=O) groups is 1. The maximum atomic E-state index is 10.9. The second kappa shape index (κ2) is 6.32. The first-order chi connectivity index (χ1) is 8.77. The van der Waals surface area contributed by atoms with Crippen LogP contribution in [0, 0.1) is 0 Å². The molecule has 0 atom stereocenters. The second-order valence-corrected chi connectivity index (χ2v) is 3.96. The molecule has 0 aliphatic carbocycles. The maximum absolute atomic E-state index is 10.9. The zero-order valence-corrected chi connectivity index (χ0v) is 10.0. The molecule has 0 radical (unpaired) electrons. The molecule has 1 fully saturated rings. The highest BCUT2D eigenvalue weighted by molar-refractivity contribution is 5.90. The monoisotopic (exact) mass is 252 g/mol. The molecule has 1 N–H and O–H groups in total. The van der Waals surface area contributed by atoms with Gasteiger partial charge in [-0.1, -0.05) is 0 Å². The third kappa shape index (κ3) is 3.41. The average molecular weight is 252 g/mol. The van der Waals surface area contributed by atoms with Crippen molar-refractivity contribution in [1.82, 2.24) is 9.88 Å². The van der Waals surface area contributed by atoms with E-state index < -0.39 is 5.97 Å². The van der Waals surface area contributed by atoms with E-state index in [0.29, 0.717) is 6.61 Å². The van der Waals surface area contributed by atoms with Gasteiger partial charge in [-0.25, -0.2) is 9.78 Å². The van der Waals surface area contributed by atoms with Crippen LogP contribution in [0.2, 0.25) is 0 Å². The lowest BCUT2D eigenvalue weighted by atomic mass is 10.3. The number of hydrogen-bond donors (Lipinski definition) is 1. The predicted molar refractivity (Wildman–Crippen MR) is 64.0 cm³/mol. The van der Waals surface area contributed by atoms with E-state index in [1.807, 2.05) is 0 Å². The Morgan fingerprint density at radius 1 is 1.50 bits per heavy atom. The van der Waals surface area contributed by atoms with Crippen molar-refractivity contribution in [3.63, 3.8) is 0 Å². The van der Waals surface area contributed by atoms with Gasteiger partial charge < -0.3 is 14.6 Å². The molecule has 1 saturated heterocycles. The van der Waals surface area contributed by atoms with Gasteiger partial charge in [-0.15, -0.1) is 0 Å². The molecule has 1 aromatic heterocycles. The minimum absolute atomic E-state index is 0.0967. The normalized spacial score (nSPS) is 16.4. The van der Waals surface area contributed by atoms with Crippen molar-refractivity contribution in [3.05, 3.63) is 23.9 Å². The fourth-order valence-electron chi connectivity index (χ4n) is 1.76. The maximum Gasteiger partial charge on any atom is 0.341 e. The summed E-state index contributed by atoms with van der Waals surface area (Å²) in [5.74, 6) is -0.845. The minimum Gasteiger partial charge on any atom is -0.477 e. The lowest BCUT2D eigenvalue weighted by Crippen LogP contribution is -2.38. The SMILES string of the molecule is O=C(O)c1cccnc1OCCN1CCOCC1. The topological polar surface area (TPSA) is 71.9 Å². The molecule has 6 heteroatoms. The van der Waals surface area contributed by atoms with Crippen LogP contribution in [-0.2, 0) is 4.74 Å². The van der Waals surface area contributed by atoms with E-state index in [4.69, 9.17) is 14.6 Å². The average Bonchev–Trinajstić information content (AvgIpc) is 2.40. The van der Waals surface area contributed by atoms with Crippen LogP contribution in [0.15, 0.2) is 18.3 Å². The van der Waals surface area contributed by atoms with Gasteiger partial charge >= 0.3 is 5.97 Å². The van der Waals surface area contributed by atoms with Crippen LogP contribution in [0.4, 0.5) is 0 Å². The summed E-state index contributed by atoms with van der Waals surface area (Å²) < 4.78 is 10.7. The molecule has 0 bridgehead atoms. The van der Waals surface area contributed by atoms with Gasteiger partial charge in [-0.3, -0.25) is 4.90 Å². The highest BCUT2D eigenvalue weighted by Crippen LogP contribution is 2.13. The molecular weight excluding hydrogens is 236 g/mol. The van der Waals surface area contributed by atoms with E-state index in [1.54, 1.807) is 6.07 Å². The molecule has 18 heavy (non-hydrogen) atoms. The van der Waals surface area contributed by atoms with Gasteiger partial charge in [0.25, 0.3) is 0 Å². The van der Waals surface area contributed by atoms with E-state index in [-0.39, 0.29) is 11.4 Å².